The molecule has 3 rings (SSSR count). The predicted octanol–water partition coefficient (Wildman–Crippen LogP) is 3.65. The number of hydrogen-bond acceptors (Lipinski definition) is 3. The predicted molar refractivity (Wildman–Crippen MR) is 84.9 cm³/mol. The average Bonchev–Trinajstić information content (AvgIpc) is 3.13. The number of carbonyl (C=O) groups excluding carboxylic acids is 2. The van der Waals surface area contributed by atoms with Gasteiger partial charge < -0.3 is 10.2 Å². The van der Waals surface area contributed by atoms with Gasteiger partial charge in [0, 0.05) is 13.0 Å². The Bertz CT molecular complexity index is 711. The first-order valence-corrected chi connectivity index (χ1v) is 7.88. The highest BCUT2D eigenvalue weighted by Crippen LogP contribution is 2.36. The van der Waals surface area contributed by atoms with Gasteiger partial charge in [-0.3, -0.25) is 9.59 Å². The third-order valence-corrected chi connectivity index (χ3v) is 4.33. The van der Waals surface area contributed by atoms with Gasteiger partial charge in [-0.1, -0.05) is 6.07 Å². The van der Waals surface area contributed by atoms with Crippen LogP contribution >= 0.6 is 11.3 Å². The Morgan fingerprint density at radius 1 is 1.32 bits per heavy atom. The van der Waals surface area contributed by atoms with E-state index in [1.807, 2.05) is 0 Å². The van der Waals surface area contributed by atoms with Gasteiger partial charge in [0.25, 0.3) is 5.91 Å². The molecule has 1 fully saturated rings. The Morgan fingerprint density at radius 3 is 2.68 bits per heavy atom. The molecule has 1 aliphatic rings. The van der Waals surface area contributed by atoms with Gasteiger partial charge in [-0.15, -0.1) is 11.3 Å². The molecule has 1 aromatic carbocycles. The van der Waals surface area contributed by atoms with Crippen LogP contribution in [0.1, 0.15) is 29.4 Å². The van der Waals surface area contributed by atoms with Crippen LogP contribution in [0.4, 0.5) is 15.8 Å². The molecule has 4 nitrogen and oxygen atoms in total. The largest absolute Gasteiger partial charge is 0.319 e. The van der Waals surface area contributed by atoms with Crippen LogP contribution in [0.2, 0.25) is 0 Å². The maximum atomic E-state index is 13.6. The SMILES string of the molecule is CC(=O)N(c1ccc(F)cc1NC(=O)c1cccs1)C1CC1. The zero-order chi connectivity index (χ0) is 15.7. The van der Waals surface area contributed by atoms with E-state index in [9.17, 15) is 14.0 Å². The minimum Gasteiger partial charge on any atom is -0.319 e. The molecule has 6 heteroatoms. The first kappa shape index (κ1) is 14.7. The van der Waals surface area contributed by atoms with Crippen LogP contribution in [0.5, 0.6) is 0 Å². The summed E-state index contributed by atoms with van der Waals surface area (Å²) in [6, 6.07) is 7.70. The number of halogens is 1. The van der Waals surface area contributed by atoms with Crippen molar-refractivity contribution in [3.05, 3.63) is 46.4 Å². The summed E-state index contributed by atoms with van der Waals surface area (Å²) in [6.45, 7) is 1.48. The van der Waals surface area contributed by atoms with Crippen molar-refractivity contribution in [3.63, 3.8) is 0 Å². The molecule has 22 heavy (non-hydrogen) atoms. The fourth-order valence-electron chi connectivity index (χ4n) is 2.37. The minimum atomic E-state index is -0.454. The molecule has 2 aromatic rings. The highest BCUT2D eigenvalue weighted by molar-refractivity contribution is 7.12. The van der Waals surface area contributed by atoms with Crippen LogP contribution in [-0.2, 0) is 4.79 Å². The van der Waals surface area contributed by atoms with Gasteiger partial charge in [-0.2, -0.15) is 0 Å². The monoisotopic (exact) mass is 318 g/mol. The molecule has 0 saturated heterocycles. The summed E-state index contributed by atoms with van der Waals surface area (Å²) in [4.78, 5) is 26.3. The van der Waals surface area contributed by atoms with Crippen molar-refractivity contribution < 1.29 is 14.0 Å². The number of nitrogens with zero attached hydrogens (tertiary/aromatic N) is 1. The zero-order valence-electron chi connectivity index (χ0n) is 12.0. The maximum absolute atomic E-state index is 13.6. The summed E-state index contributed by atoms with van der Waals surface area (Å²) in [7, 11) is 0. The number of thiophene rings is 1. The van der Waals surface area contributed by atoms with E-state index in [0.717, 1.165) is 12.8 Å². The van der Waals surface area contributed by atoms with Gasteiger partial charge in [-0.25, -0.2) is 4.39 Å². The summed E-state index contributed by atoms with van der Waals surface area (Å²) >= 11 is 1.31. The first-order valence-electron chi connectivity index (χ1n) is 7.00. The second-order valence-corrected chi connectivity index (χ2v) is 6.16. The molecule has 0 unspecified atom stereocenters. The fourth-order valence-corrected chi connectivity index (χ4v) is 2.99. The lowest BCUT2D eigenvalue weighted by Crippen LogP contribution is -2.31. The van der Waals surface area contributed by atoms with Crippen LogP contribution in [0, 0.1) is 5.82 Å². The number of amides is 2. The van der Waals surface area contributed by atoms with E-state index in [-0.39, 0.29) is 17.9 Å². The highest BCUT2D eigenvalue weighted by atomic mass is 32.1. The molecule has 1 aliphatic carbocycles. The lowest BCUT2D eigenvalue weighted by molar-refractivity contribution is -0.116. The van der Waals surface area contributed by atoms with E-state index >= 15 is 0 Å². The van der Waals surface area contributed by atoms with Crippen LogP contribution in [0.25, 0.3) is 0 Å². The van der Waals surface area contributed by atoms with Gasteiger partial charge in [0.2, 0.25) is 5.91 Å². The molecule has 1 heterocycles. The molecule has 1 N–H and O–H groups in total. The molecule has 2 amide bonds. The number of rotatable bonds is 4. The molecule has 0 radical (unpaired) electrons. The summed E-state index contributed by atoms with van der Waals surface area (Å²) in [5.74, 6) is -0.869. The van der Waals surface area contributed by atoms with Crippen molar-refractivity contribution in [2.24, 2.45) is 0 Å². The Hall–Kier alpha value is -2.21. The lowest BCUT2D eigenvalue weighted by Gasteiger charge is -2.24. The lowest BCUT2D eigenvalue weighted by atomic mass is 10.2. The smallest absolute Gasteiger partial charge is 0.265 e. The molecule has 1 aromatic heterocycles. The Kier molecular flexibility index (Phi) is 3.94. The van der Waals surface area contributed by atoms with E-state index in [1.54, 1.807) is 28.5 Å². The topological polar surface area (TPSA) is 49.4 Å². The van der Waals surface area contributed by atoms with E-state index in [1.165, 1.54) is 30.4 Å². The zero-order valence-corrected chi connectivity index (χ0v) is 12.8. The second-order valence-electron chi connectivity index (χ2n) is 5.21. The van der Waals surface area contributed by atoms with Gasteiger partial charge in [0.15, 0.2) is 0 Å². The standard InChI is InChI=1S/C16H15FN2O2S/c1-10(20)19(12-5-6-12)14-7-4-11(17)9-13(14)18-16(21)15-3-2-8-22-15/h2-4,7-9,12H,5-6H2,1H3,(H,18,21). The summed E-state index contributed by atoms with van der Waals surface area (Å²) < 4.78 is 13.6. The van der Waals surface area contributed by atoms with E-state index in [0.29, 0.717) is 16.3 Å². The number of carbonyl (C=O) groups is 2. The number of anilines is 2. The van der Waals surface area contributed by atoms with Gasteiger partial charge in [0.1, 0.15) is 5.82 Å². The average molecular weight is 318 g/mol. The minimum absolute atomic E-state index is 0.110. The molecule has 1 saturated carbocycles. The van der Waals surface area contributed by atoms with Crippen molar-refractivity contribution in [2.75, 3.05) is 10.2 Å². The third kappa shape index (κ3) is 3.01. The molecule has 0 atom stereocenters. The van der Waals surface area contributed by atoms with Crippen LogP contribution < -0.4 is 10.2 Å². The fraction of sp³-hybridized carbons (Fsp3) is 0.250. The molecule has 0 aliphatic heterocycles. The Labute approximate surface area is 131 Å². The molecule has 0 bridgehead atoms. The van der Waals surface area contributed by atoms with E-state index in [4.69, 9.17) is 0 Å². The van der Waals surface area contributed by atoms with Gasteiger partial charge >= 0.3 is 0 Å². The normalized spacial score (nSPS) is 13.7. The molecular weight excluding hydrogens is 303 g/mol. The van der Waals surface area contributed by atoms with Crippen molar-refractivity contribution >= 4 is 34.5 Å². The number of nitrogens with one attached hydrogen (secondary N) is 1. The summed E-state index contributed by atoms with van der Waals surface area (Å²) in [5, 5.41) is 4.51. The summed E-state index contributed by atoms with van der Waals surface area (Å²) in [5.41, 5.74) is 0.863. The van der Waals surface area contributed by atoms with Crippen molar-refractivity contribution in [1.82, 2.24) is 0 Å². The first-order chi connectivity index (χ1) is 10.6. The third-order valence-electron chi connectivity index (χ3n) is 3.46. The van der Waals surface area contributed by atoms with Crippen molar-refractivity contribution in [3.8, 4) is 0 Å². The maximum Gasteiger partial charge on any atom is 0.265 e. The quantitative estimate of drug-likeness (QED) is 0.935. The Morgan fingerprint density at radius 2 is 2.09 bits per heavy atom. The Balaban J connectivity index is 1.93. The second kappa shape index (κ2) is 5.88. The van der Waals surface area contributed by atoms with E-state index < -0.39 is 5.82 Å². The highest BCUT2D eigenvalue weighted by Gasteiger charge is 2.33. The van der Waals surface area contributed by atoms with Crippen LogP contribution in [-0.4, -0.2) is 17.9 Å². The van der Waals surface area contributed by atoms with E-state index in [2.05, 4.69) is 5.32 Å². The molecule has 0 spiro atoms. The van der Waals surface area contributed by atoms with Crippen LogP contribution in [0.3, 0.4) is 0 Å². The van der Waals surface area contributed by atoms with Crippen molar-refractivity contribution in [1.29, 1.82) is 0 Å². The van der Waals surface area contributed by atoms with Gasteiger partial charge in [-0.05, 0) is 42.5 Å². The molecular formula is C16H15FN2O2S. The van der Waals surface area contributed by atoms with Crippen molar-refractivity contribution in [2.45, 2.75) is 25.8 Å². The molecule has 114 valence electrons. The van der Waals surface area contributed by atoms with Crippen LogP contribution in [0.15, 0.2) is 35.7 Å². The number of hydrogen-bond donors (Lipinski definition) is 1. The van der Waals surface area contributed by atoms with Gasteiger partial charge in [0.05, 0.1) is 16.3 Å². The summed E-state index contributed by atoms with van der Waals surface area (Å²) in [6.07, 6.45) is 1.85. The number of benzene rings is 1.